The number of anilines is 2. The second-order valence-electron chi connectivity index (χ2n) is 5.17. The first-order chi connectivity index (χ1) is 8.82. The van der Waals surface area contributed by atoms with Gasteiger partial charge in [-0.2, -0.15) is 0 Å². The summed E-state index contributed by atoms with van der Waals surface area (Å²) in [4.78, 5) is 0. The van der Waals surface area contributed by atoms with E-state index >= 15 is 0 Å². The summed E-state index contributed by atoms with van der Waals surface area (Å²) >= 11 is 0. The number of benzene rings is 2. The van der Waals surface area contributed by atoms with Crippen molar-refractivity contribution >= 4 is 11.4 Å². The zero-order valence-corrected chi connectivity index (χ0v) is 11.0. The molecule has 19 heavy (non-hydrogen) atoms. The third-order valence-electron chi connectivity index (χ3n) is 3.50. The third-order valence-corrected chi connectivity index (χ3v) is 3.50. The number of aromatic hydroxyl groups is 2. The second kappa shape index (κ2) is 4.39. The lowest BCUT2D eigenvalue weighted by molar-refractivity contribution is 0.477. The fourth-order valence-electron chi connectivity index (χ4n) is 2.05. The molecule has 0 heterocycles. The first-order valence-corrected chi connectivity index (χ1v) is 6.00. The van der Waals surface area contributed by atoms with Crippen LogP contribution in [0.15, 0.2) is 36.4 Å². The van der Waals surface area contributed by atoms with Crippen molar-refractivity contribution in [2.24, 2.45) is 0 Å². The summed E-state index contributed by atoms with van der Waals surface area (Å²) in [6.07, 6.45) is 0. The van der Waals surface area contributed by atoms with Crippen LogP contribution in [0.25, 0.3) is 0 Å². The van der Waals surface area contributed by atoms with Gasteiger partial charge in [-0.25, -0.2) is 0 Å². The van der Waals surface area contributed by atoms with Crippen molar-refractivity contribution in [3.8, 4) is 11.5 Å². The van der Waals surface area contributed by atoms with E-state index in [0.29, 0.717) is 11.4 Å². The number of nitrogens with two attached hydrogens (primary N) is 2. The number of hydrogen-bond acceptors (Lipinski definition) is 4. The number of phenols is 2. The molecule has 0 saturated carbocycles. The Balaban J connectivity index is 2.51. The molecule has 0 radical (unpaired) electrons. The van der Waals surface area contributed by atoms with E-state index in [4.69, 9.17) is 11.5 Å². The third kappa shape index (κ3) is 2.29. The van der Waals surface area contributed by atoms with E-state index in [9.17, 15) is 10.2 Å². The van der Waals surface area contributed by atoms with E-state index < -0.39 is 0 Å². The van der Waals surface area contributed by atoms with E-state index in [0.717, 1.165) is 11.1 Å². The maximum atomic E-state index is 9.48. The van der Waals surface area contributed by atoms with Crippen molar-refractivity contribution in [3.63, 3.8) is 0 Å². The van der Waals surface area contributed by atoms with Crippen LogP contribution in [0.3, 0.4) is 0 Å². The molecule has 2 rings (SSSR count). The molecular formula is C15H18N2O2. The molecule has 0 aliphatic carbocycles. The van der Waals surface area contributed by atoms with Crippen molar-refractivity contribution in [1.29, 1.82) is 0 Å². The molecule has 4 heteroatoms. The highest BCUT2D eigenvalue weighted by molar-refractivity contribution is 5.59. The lowest BCUT2D eigenvalue weighted by Crippen LogP contribution is -2.19. The first kappa shape index (κ1) is 13.1. The second-order valence-corrected chi connectivity index (χ2v) is 5.17. The molecule has 0 aliphatic heterocycles. The fourth-order valence-corrected chi connectivity index (χ4v) is 2.05. The first-order valence-electron chi connectivity index (χ1n) is 6.00. The summed E-state index contributed by atoms with van der Waals surface area (Å²) in [5.41, 5.74) is 13.8. The number of rotatable bonds is 2. The van der Waals surface area contributed by atoms with Gasteiger partial charge in [-0.1, -0.05) is 26.0 Å². The van der Waals surface area contributed by atoms with Crippen LogP contribution >= 0.6 is 0 Å². The van der Waals surface area contributed by atoms with Crippen LogP contribution in [0.4, 0.5) is 11.4 Å². The van der Waals surface area contributed by atoms with E-state index in [-0.39, 0.29) is 16.9 Å². The summed E-state index contributed by atoms with van der Waals surface area (Å²) in [6.45, 7) is 4.06. The average molecular weight is 258 g/mol. The SMILES string of the molecule is CC(C)(c1ccc(O)c(N)c1)c1ccc(O)c(N)c1. The molecule has 0 fully saturated rings. The van der Waals surface area contributed by atoms with E-state index in [1.54, 1.807) is 24.3 Å². The van der Waals surface area contributed by atoms with Crippen molar-refractivity contribution in [2.45, 2.75) is 19.3 Å². The van der Waals surface area contributed by atoms with Gasteiger partial charge in [-0.05, 0) is 35.4 Å². The Labute approximate surface area is 112 Å². The lowest BCUT2D eigenvalue weighted by Gasteiger charge is -2.27. The summed E-state index contributed by atoms with van der Waals surface area (Å²) in [6, 6.07) is 10.3. The van der Waals surface area contributed by atoms with Crippen LogP contribution in [-0.4, -0.2) is 10.2 Å². The molecule has 4 nitrogen and oxygen atoms in total. The average Bonchev–Trinajstić information content (AvgIpc) is 2.35. The predicted molar refractivity (Wildman–Crippen MR) is 77.2 cm³/mol. The van der Waals surface area contributed by atoms with E-state index in [1.807, 2.05) is 26.0 Å². The molecule has 6 N–H and O–H groups in total. The van der Waals surface area contributed by atoms with Crippen LogP contribution in [0.5, 0.6) is 11.5 Å². The Hall–Kier alpha value is -2.36. The van der Waals surface area contributed by atoms with Gasteiger partial charge in [0.25, 0.3) is 0 Å². The van der Waals surface area contributed by atoms with Gasteiger partial charge in [0.15, 0.2) is 0 Å². The summed E-state index contributed by atoms with van der Waals surface area (Å²) in [7, 11) is 0. The molecule has 0 saturated heterocycles. The van der Waals surface area contributed by atoms with Crippen molar-refractivity contribution in [1.82, 2.24) is 0 Å². The van der Waals surface area contributed by atoms with Gasteiger partial charge in [-0.3, -0.25) is 0 Å². The van der Waals surface area contributed by atoms with Gasteiger partial charge in [-0.15, -0.1) is 0 Å². The van der Waals surface area contributed by atoms with Gasteiger partial charge in [0.1, 0.15) is 11.5 Å². The van der Waals surface area contributed by atoms with Gasteiger partial charge in [0.2, 0.25) is 0 Å². The molecule has 2 aromatic rings. The number of hydrogen-bond donors (Lipinski definition) is 4. The summed E-state index contributed by atoms with van der Waals surface area (Å²) in [5.74, 6) is 0.148. The van der Waals surface area contributed by atoms with Crippen LogP contribution in [0, 0.1) is 0 Å². The zero-order valence-electron chi connectivity index (χ0n) is 11.0. The Morgan fingerprint density at radius 1 is 0.789 bits per heavy atom. The normalized spacial score (nSPS) is 11.5. The Morgan fingerprint density at radius 2 is 1.16 bits per heavy atom. The maximum Gasteiger partial charge on any atom is 0.138 e. The maximum absolute atomic E-state index is 9.48. The molecule has 0 spiro atoms. The van der Waals surface area contributed by atoms with Gasteiger partial charge >= 0.3 is 0 Å². The molecular weight excluding hydrogens is 240 g/mol. The Kier molecular flexibility index (Phi) is 3.02. The minimum atomic E-state index is -0.330. The monoisotopic (exact) mass is 258 g/mol. The van der Waals surface area contributed by atoms with Crippen LogP contribution in [0.1, 0.15) is 25.0 Å². The van der Waals surface area contributed by atoms with Crippen LogP contribution in [0.2, 0.25) is 0 Å². The van der Waals surface area contributed by atoms with Gasteiger partial charge < -0.3 is 21.7 Å². The standard InChI is InChI=1S/C15H18N2O2/c1-15(2,9-3-5-13(18)11(16)7-9)10-4-6-14(19)12(17)8-10/h3-8,18-19H,16-17H2,1-2H3. The largest absolute Gasteiger partial charge is 0.506 e. The molecule has 2 aromatic carbocycles. The Bertz CT molecular complexity index is 568. The summed E-state index contributed by atoms with van der Waals surface area (Å²) < 4.78 is 0. The minimum absolute atomic E-state index is 0.0739. The summed E-state index contributed by atoms with van der Waals surface area (Å²) in [5, 5.41) is 19.0. The topological polar surface area (TPSA) is 92.5 Å². The van der Waals surface area contributed by atoms with Crippen molar-refractivity contribution in [3.05, 3.63) is 47.5 Å². The molecule has 0 aromatic heterocycles. The number of phenolic OH excluding ortho intramolecular Hbond substituents is 2. The molecule has 100 valence electrons. The smallest absolute Gasteiger partial charge is 0.138 e. The molecule has 0 atom stereocenters. The molecule has 0 unspecified atom stereocenters. The minimum Gasteiger partial charge on any atom is -0.506 e. The van der Waals surface area contributed by atoms with Gasteiger partial charge in [0.05, 0.1) is 11.4 Å². The zero-order chi connectivity index (χ0) is 14.2. The molecule has 0 bridgehead atoms. The predicted octanol–water partition coefficient (Wildman–Crippen LogP) is 2.59. The van der Waals surface area contributed by atoms with Gasteiger partial charge in [0, 0.05) is 5.41 Å². The van der Waals surface area contributed by atoms with Crippen LogP contribution in [-0.2, 0) is 5.41 Å². The Morgan fingerprint density at radius 3 is 1.47 bits per heavy atom. The van der Waals surface area contributed by atoms with Crippen LogP contribution < -0.4 is 11.5 Å². The van der Waals surface area contributed by atoms with Crippen molar-refractivity contribution < 1.29 is 10.2 Å². The lowest BCUT2D eigenvalue weighted by atomic mass is 9.78. The van der Waals surface area contributed by atoms with Crippen molar-refractivity contribution in [2.75, 3.05) is 11.5 Å². The van der Waals surface area contributed by atoms with E-state index in [1.165, 1.54) is 0 Å². The highest BCUT2D eigenvalue weighted by Gasteiger charge is 2.24. The fraction of sp³-hybridized carbons (Fsp3) is 0.200. The molecule has 0 aliphatic rings. The quantitative estimate of drug-likeness (QED) is 0.492. The highest BCUT2D eigenvalue weighted by Crippen LogP contribution is 2.36. The molecule has 0 amide bonds. The highest BCUT2D eigenvalue weighted by atomic mass is 16.3. The number of nitrogen functional groups attached to an aromatic ring is 2. The van der Waals surface area contributed by atoms with E-state index in [2.05, 4.69) is 0 Å².